The lowest BCUT2D eigenvalue weighted by Crippen LogP contribution is -2.18. The molecule has 21 heavy (non-hydrogen) atoms. The molecule has 1 aromatic carbocycles. The van der Waals surface area contributed by atoms with Crippen molar-refractivity contribution in [1.29, 1.82) is 0 Å². The van der Waals surface area contributed by atoms with Crippen molar-refractivity contribution in [2.45, 2.75) is 26.8 Å². The maximum absolute atomic E-state index is 5.98. The van der Waals surface area contributed by atoms with Crippen molar-refractivity contribution in [2.24, 2.45) is 0 Å². The Kier molecular flexibility index (Phi) is 5.17. The van der Waals surface area contributed by atoms with Crippen LogP contribution >= 0.6 is 0 Å². The zero-order chi connectivity index (χ0) is 15.2. The molecule has 0 fully saturated rings. The van der Waals surface area contributed by atoms with E-state index in [4.69, 9.17) is 9.47 Å². The number of aryl methyl sites for hydroxylation is 1. The fourth-order valence-electron chi connectivity index (χ4n) is 2.20. The van der Waals surface area contributed by atoms with E-state index in [1.54, 1.807) is 13.3 Å². The Bertz CT molecular complexity index is 599. The Hall–Kier alpha value is -2.07. The topological polar surface area (TPSA) is 43.4 Å². The lowest BCUT2D eigenvalue weighted by atomic mass is 10.1. The summed E-state index contributed by atoms with van der Waals surface area (Å²) in [5, 5.41) is 3.37. The molecule has 1 aromatic heterocycles. The van der Waals surface area contributed by atoms with Gasteiger partial charge < -0.3 is 14.8 Å². The van der Waals surface area contributed by atoms with Crippen LogP contribution in [-0.4, -0.2) is 18.6 Å². The molecule has 2 aromatic rings. The van der Waals surface area contributed by atoms with Crippen LogP contribution in [0.15, 0.2) is 36.5 Å². The van der Waals surface area contributed by atoms with E-state index in [0.29, 0.717) is 17.4 Å². The van der Waals surface area contributed by atoms with E-state index in [9.17, 15) is 0 Å². The average Bonchev–Trinajstić information content (AvgIpc) is 2.49. The number of pyridine rings is 1. The average molecular weight is 286 g/mol. The Balaban J connectivity index is 2.31. The molecule has 112 valence electrons. The number of rotatable bonds is 6. The highest BCUT2D eigenvalue weighted by molar-refractivity contribution is 5.45. The molecule has 0 saturated carbocycles. The van der Waals surface area contributed by atoms with Crippen LogP contribution in [0.25, 0.3) is 0 Å². The van der Waals surface area contributed by atoms with Crippen LogP contribution in [0.4, 0.5) is 0 Å². The van der Waals surface area contributed by atoms with Gasteiger partial charge in [0.1, 0.15) is 0 Å². The highest BCUT2D eigenvalue weighted by Gasteiger charge is 2.14. The fraction of sp³-hybridized carbons (Fsp3) is 0.353. The predicted octanol–water partition coefficient (Wildman–Crippen LogP) is 3.86. The molecule has 4 heteroatoms. The number of nitrogens with one attached hydrogen (secondary N) is 1. The van der Waals surface area contributed by atoms with Crippen molar-refractivity contribution in [3.63, 3.8) is 0 Å². The molecule has 0 radical (unpaired) electrons. The minimum atomic E-state index is 0.176. The number of hydrogen-bond donors (Lipinski definition) is 1. The first-order valence-corrected chi connectivity index (χ1v) is 7.16. The summed E-state index contributed by atoms with van der Waals surface area (Å²) in [7, 11) is 1.64. The van der Waals surface area contributed by atoms with E-state index in [-0.39, 0.29) is 6.04 Å². The summed E-state index contributed by atoms with van der Waals surface area (Å²) in [4.78, 5) is 4.36. The number of methoxy groups -OCH3 is 1. The van der Waals surface area contributed by atoms with Gasteiger partial charge in [0.25, 0.3) is 0 Å². The van der Waals surface area contributed by atoms with Crippen LogP contribution in [-0.2, 0) is 0 Å². The van der Waals surface area contributed by atoms with Gasteiger partial charge in [-0.2, -0.15) is 0 Å². The lowest BCUT2D eigenvalue weighted by Gasteiger charge is -2.17. The zero-order valence-corrected chi connectivity index (χ0v) is 13.0. The van der Waals surface area contributed by atoms with Gasteiger partial charge in [-0.3, -0.25) is 0 Å². The van der Waals surface area contributed by atoms with Crippen LogP contribution in [0.5, 0.6) is 17.4 Å². The van der Waals surface area contributed by atoms with Crippen LogP contribution in [0.3, 0.4) is 0 Å². The normalized spacial score (nSPS) is 12.0. The summed E-state index contributed by atoms with van der Waals surface area (Å²) in [6.07, 6.45) is 1.73. The van der Waals surface area contributed by atoms with Gasteiger partial charge in [-0.15, -0.1) is 0 Å². The van der Waals surface area contributed by atoms with Gasteiger partial charge in [0, 0.05) is 17.8 Å². The summed E-state index contributed by atoms with van der Waals surface area (Å²) in [5.74, 6) is 1.99. The van der Waals surface area contributed by atoms with E-state index in [0.717, 1.165) is 17.7 Å². The van der Waals surface area contributed by atoms with Gasteiger partial charge in [0.05, 0.1) is 7.11 Å². The Labute approximate surface area is 126 Å². The van der Waals surface area contributed by atoms with Crippen molar-refractivity contribution in [3.8, 4) is 17.4 Å². The standard InChI is InChI=1S/C17H22N2O2/c1-5-18-13(3)14-7-6-10-19-17(14)21-15-9-8-12(2)11-16(15)20-4/h6-11,13,18H,5H2,1-4H3. The smallest absolute Gasteiger partial charge is 0.224 e. The van der Waals surface area contributed by atoms with Gasteiger partial charge in [0.15, 0.2) is 11.5 Å². The Morgan fingerprint density at radius 3 is 2.76 bits per heavy atom. The first-order chi connectivity index (χ1) is 10.2. The summed E-state index contributed by atoms with van der Waals surface area (Å²) in [6, 6.07) is 9.97. The first-order valence-electron chi connectivity index (χ1n) is 7.16. The molecule has 1 unspecified atom stereocenters. The lowest BCUT2D eigenvalue weighted by molar-refractivity contribution is 0.370. The molecule has 1 heterocycles. The minimum Gasteiger partial charge on any atom is -0.493 e. The maximum atomic E-state index is 5.98. The quantitative estimate of drug-likeness (QED) is 0.875. The number of aromatic nitrogens is 1. The third-order valence-corrected chi connectivity index (χ3v) is 3.30. The van der Waals surface area contributed by atoms with E-state index in [1.165, 1.54) is 0 Å². The molecule has 1 N–H and O–H groups in total. The molecule has 0 spiro atoms. The molecule has 4 nitrogen and oxygen atoms in total. The molecular weight excluding hydrogens is 264 g/mol. The van der Waals surface area contributed by atoms with Crippen molar-refractivity contribution in [1.82, 2.24) is 10.3 Å². The van der Waals surface area contributed by atoms with Crippen LogP contribution in [0.2, 0.25) is 0 Å². The van der Waals surface area contributed by atoms with E-state index in [1.807, 2.05) is 37.3 Å². The third-order valence-electron chi connectivity index (χ3n) is 3.30. The van der Waals surface area contributed by atoms with E-state index >= 15 is 0 Å². The number of nitrogens with zero attached hydrogens (tertiary/aromatic N) is 1. The van der Waals surface area contributed by atoms with Crippen molar-refractivity contribution in [2.75, 3.05) is 13.7 Å². The first kappa shape index (κ1) is 15.3. The third kappa shape index (κ3) is 3.73. The van der Waals surface area contributed by atoms with Gasteiger partial charge in [-0.05, 0) is 44.2 Å². The second-order valence-corrected chi connectivity index (χ2v) is 4.93. The number of hydrogen-bond acceptors (Lipinski definition) is 4. The Morgan fingerprint density at radius 1 is 1.24 bits per heavy atom. The van der Waals surface area contributed by atoms with Gasteiger partial charge >= 0.3 is 0 Å². The zero-order valence-electron chi connectivity index (χ0n) is 13.0. The molecule has 0 bridgehead atoms. The molecular formula is C17H22N2O2. The molecule has 0 amide bonds. The number of benzene rings is 1. The van der Waals surface area contributed by atoms with Gasteiger partial charge in [-0.1, -0.05) is 19.1 Å². The monoisotopic (exact) mass is 286 g/mol. The fourth-order valence-corrected chi connectivity index (χ4v) is 2.20. The summed E-state index contributed by atoms with van der Waals surface area (Å²) in [6.45, 7) is 7.09. The highest BCUT2D eigenvalue weighted by atomic mass is 16.5. The summed E-state index contributed by atoms with van der Waals surface area (Å²) in [5.41, 5.74) is 2.16. The summed E-state index contributed by atoms with van der Waals surface area (Å²) >= 11 is 0. The van der Waals surface area contributed by atoms with Gasteiger partial charge in [0.2, 0.25) is 5.88 Å². The molecule has 2 rings (SSSR count). The Morgan fingerprint density at radius 2 is 2.05 bits per heavy atom. The van der Waals surface area contributed by atoms with Crippen LogP contribution < -0.4 is 14.8 Å². The van der Waals surface area contributed by atoms with Crippen LogP contribution in [0, 0.1) is 6.92 Å². The van der Waals surface area contributed by atoms with Crippen molar-refractivity contribution >= 4 is 0 Å². The second kappa shape index (κ2) is 7.09. The van der Waals surface area contributed by atoms with E-state index in [2.05, 4.69) is 24.1 Å². The van der Waals surface area contributed by atoms with Crippen molar-refractivity contribution < 1.29 is 9.47 Å². The molecule has 0 aliphatic heterocycles. The predicted molar refractivity (Wildman–Crippen MR) is 84.1 cm³/mol. The highest BCUT2D eigenvalue weighted by Crippen LogP contribution is 2.34. The molecule has 0 aliphatic rings. The molecule has 0 aliphatic carbocycles. The van der Waals surface area contributed by atoms with Gasteiger partial charge in [-0.25, -0.2) is 4.98 Å². The SMILES string of the molecule is CCNC(C)c1cccnc1Oc1ccc(C)cc1OC. The molecule has 0 saturated heterocycles. The van der Waals surface area contributed by atoms with Crippen molar-refractivity contribution in [3.05, 3.63) is 47.7 Å². The largest absolute Gasteiger partial charge is 0.493 e. The summed E-state index contributed by atoms with van der Waals surface area (Å²) < 4.78 is 11.4. The second-order valence-electron chi connectivity index (χ2n) is 4.93. The minimum absolute atomic E-state index is 0.176. The molecule has 1 atom stereocenters. The van der Waals surface area contributed by atoms with Crippen LogP contribution in [0.1, 0.15) is 31.0 Å². The number of ether oxygens (including phenoxy) is 2. The van der Waals surface area contributed by atoms with E-state index < -0.39 is 0 Å². The maximum Gasteiger partial charge on any atom is 0.224 e.